The van der Waals surface area contributed by atoms with E-state index in [4.69, 9.17) is 21.1 Å². The molecule has 1 heterocycles. The predicted molar refractivity (Wildman–Crippen MR) is 109 cm³/mol. The van der Waals surface area contributed by atoms with Gasteiger partial charge in [-0.1, -0.05) is 11.6 Å². The first-order valence-electron chi connectivity index (χ1n) is 8.80. The fourth-order valence-corrected chi connectivity index (χ4v) is 2.89. The third-order valence-electron chi connectivity index (χ3n) is 4.11. The number of methoxy groups -OCH3 is 1. The van der Waals surface area contributed by atoms with Gasteiger partial charge in [-0.15, -0.1) is 0 Å². The Hall–Kier alpha value is -2.64. The molecule has 0 spiro atoms. The Kier molecular flexibility index (Phi) is 6.49. The van der Waals surface area contributed by atoms with Gasteiger partial charge in [0.25, 0.3) is 0 Å². The third-order valence-corrected chi connectivity index (χ3v) is 4.40. The Morgan fingerprint density at radius 1 is 1.14 bits per heavy atom. The van der Waals surface area contributed by atoms with Crippen molar-refractivity contribution in [3.05, 3.63) is 47.5 Å². The van der Waals surface area contributed by atoms with Gasteiger partial charge in [0.2, 0.25) is 0 Å². The Balaban J connectivity index is 1.87. The van der Waals surface area contributed by atoms with Crippen molar-refractivity contribution in [1.82, 2.24) is 14.9 Å². The molecule has 0 bridgehead atoms. The van der Waals surface area contributed by atoms with E-state index in [1.54, 1.807) is 13.2 Å². The molecule has 1 N–H and O–H groups in total. The molecule has 2 aromatic carbocycles. The van der Waals surface area contributed by atoms with Crippen LogP contribution in [0.15, 0.2) is 36.7 Å². The standard InChI is InChI=1S/C20H22ClFN4O2/c1-26(2)7-4-8-28-19-11-17-14(10-18(19)27-3)20(24-12-23-17)25-13-5-6-16(22)15(21)9-13/h5-6,9-12H,4,7-8H2,1-3H3,(H,23,24,25). The molecule has 1 aromatic heterocycles. The molecule has 0 saturated carbocycles. The second-order valence-electron chi connectivity index (χ2n) is 6.50. The lowest BCUT2D eigenvalue weighted by atomic mass is 10.2. The van der Waals surface area contributed by atoms with Crippen LogP contribution in [0.25, 0.3) is 10.9 Å². The number of nitrogens with one attached hydrogen (secondary N) is 1. The van der Waals surface area contributed by atoms with Crippen molar-refractivity contribution in [3.8, 4) is 11.5 Å². The van der Waals surface area contributed by atoms with Gasteiger partial charge < -0.3 is 19.7 Å². The first-order chi connectivity index (χ1) is 13.5. The van der Waals surface area contributed by atoms with Gasteiger partial charge in [0.15, 0.2) is 11.5 Å². The number of benzene rings is 2. The highest BCUT2D eigenvalue weighted by molar-refractivity contribution is 6.31. The van der Waals surface area contributed by atoms with E-state index in [-0.39, 0.29) is 5.02 Å². The first kappa shape index (κ1) is 20.1. The zero-order valence-corrected chi connectivity index (χ0v) is 16.8. The van der Waals surface area contributed by atoms with Crippen LogP contribution < -0.4 is 14.8 Å². The number of anilines is 2. The maximum Gasteiger partial charge on any atom is 0.163 e. The Morgan fingerprint density at radius 2 is 1.96 bits per heavy atom. The summed E-state index contributed by atoms with van der Waals surface area (Å²) >= 11 is 5.86. The number of rotatable bonds is 8. The molecule has 0 radical (unpaired) electrons. The van der Waals surface area contributed by atoms with Gasteiger partial charge in [-0.3, -0.25) is 0 Å². The molecule has 28 heavy (non-hydrogen) atoms. The molecule has 0 amide bonds. The van der Waals surface area contributed by atoms with E-state index in [1.165, 1.54) is 18.5 Å². The largest absolute Gasteiger partial charge is 0.493 e. The number of nitrogens with zero attached hydrogens (tertiary/aromatic N) is 3. The molecule has 0 aliphatic rings. The molecule has 0 saturated heterocycles. The Bertz CT molecular complexity index is 968. The van der Waals surface area contributed by atoms with Crippen LogP contribution >= 0.6 is 11.6 Å². The second-order valence-corrected chi connectivity index (χ2v) is 6.91. The van der Waals surface area contributed by atoms with Crippen LogP contribution in [0.1, 0.15) is 6.42 Å². The Morgan fingerprint density at radius 3 is 2.68 bits per heavy atom. The summed E-state index contributed by atoms with van der Waals surface area (Å²) in [5.41, 5.74) is 1.32. The van der Waals surface area contributed by atoms with Gasteiger partial charge in [-0.05, 0) is 44.8 Å². The van der Waals surface area contributed by atoms with Crippen molar-refractivity contribution < 1.29 is 13.9 Å². The van der Waals surface area contributed by atoms with Gasteiger partial charge in [0.1, 0.15) is 18.0 Å². The summed E-state index contributed by atoms with van der Waals surface area (Å²) in [5.74, 6) is 1.30. The van der Waals surface area contributed by atoms with Crippen LogP contribution in [0.2, 0.25) is 5.02 Å². The van der Waals surface area contributed by atoms with Gasteiger partial charge in [-0.25, -0.2) is 14.4 Å². The molecular weight excluding hydrogens is 383 g/mol. The minimum Gasteiger partial charge on any atom is -0.493 e. The van der Waals surface area contributed by atoms with E-state index in [0.29, 0.717) is 35.1 Å². The molecule has 148 valence electrons. The van der Waals surface area contributed by atoms with Crippen molar-refractivity contribution in [2.75, 3.05) is 39.7 Å². The molecule has 0 fully saturated rings. The topological polar surface area (TPSA) is 59.5 Å². The highest BCUT2D eigenvalue weighted by Crippen LogP contribution is 2.35. The van der Waals surface area contributed by atoms with Crippen LogP contribution in [0, 0.1) is 5.82 Å². The average Bonchev–Trinajstić information content (AvgIpc) is 2.67. The smallest absolute Gasteiger partial charge is 0.163 e. The molecule has 0 aliphatic carbocycles. The molecule has 0 aliphatic heterocycles. The van der Waals surface area contributed by atoms with E-state index in [2.05, 4.69) is 20.2 Å². The van der Waals surface area contributed by atoms with Crippen LogP contribution in [-0.2, 0) is 0 Å². The minimum absolute atomic E-state index is 0.0364. The quantitative estimate of drug-likeness (QED) is 0.557. The minimum atomic E-state index is -0.475. The van der Waals surface area contributed by atoms with Crippen molar-refractivity contribution in [2.24, 2.45) is 0 Å². The van der Waals surface area contributed by atoms with Crippen LogP contribution in [0.5, 0.6) is 11.5 Å². The maximum absolute atomic E-state index is 13.4. The Labute approximate surface area is 168 Å². The summed E-state index contributed by atoms with van der Waals surface area (Å²) in [5, 5.41) is 3.93. The third kappa shape index (κ3) is 4.79. The second kappa shape index (κ2) is 9.03. The van der Waals surface area contributed by atoms with Crippen molar-refractivity contribution >= 4 is 34.0 Å². The van der Waals surface area contributed by atoms with Gasteiger partial charge in [0.05, 0.1) is 24.3 Å². The lowest BCUT2D eigenvalue weighted by molar-refractivity contribution is 0.268. The zero-order valence-electron chi connectivity index (χ0n) is 16.0. The van der Waals surface area contributed by atoms with E-state index < -0.39 is 5.82 Å². The lowest BCUT2D eigenvalue weighted by Gasteiger charge is -2.15. The molecular formula is C20H22ClFN4O2. The van der Waals surface area contributed by atoms with E-state index in [1.807, 2.05) is 26.2 Å². The number of hydrogen-bond acceptors (Lipinski definition) is 6. The number of aromatic nitrogens is 2. The fraction of sp³-hybridized carbons (Fsp3) is 0.300. The number of fused-ring (bicyclic) bond motifs is 1. The first-order valence-corrected chi connectivity index (χ1v) is 9.18. The van der Waals surface area contributed by atoms with Crippen molar-refractivity contribution in [2.45, 2.75) is 6.42 Å². The fourth-order valence-electron chi connectivity index (χ4n) is 2.71. The van der Waals surface area contributed by atoms with E-state index in [9.17, 15) is 4.39 Å². The van der Waals surface area contributed by atoms with E-state index >= 15 is 0 Å². The summed E-state index contributed by atoms with van der Waals surface area (Å²) in [4.78, 5) is 10.7. The van der Waals surface area contributed by atoms with Crippen LogP contribution in [-0.4, -0.2) is 49.2 Å². The van der Waals surface area contributed by atoms with Gasteiger partial charge in [0, 0.05) is 23.7 Å². The molecule has 0 unspecified atom stereocenters. The van der Waals surface area contributed by atoms with Gasteiger partial charge >= 0.3 is 0 Å². The van der Waals surface area contributed by atoms with Crippen molar-refractivity contribution in [3.63, 3.8) is 0 Å². The number of halogens is 2. The van der Waals surface area contributed by atoms with E-state index in [0.717, 1.165) is 18.4 Å². The average molecular weight is 405 g/mol. The normalized spacial score (nSPS) is 11.1. The molecule has 8 heteroatoms. The lowest BCUT2D eigenvalue weighted by Crippen LogP contribution is -2.15. The summed E-state index contributed by atoms with van der Waals surface area (Å²) in [6, 6.07) is 8.05. The summed E-state index contributed by atoms with van der Waals surface area (Å²) < 4.78 is 24.8. The maximum atomic E-state index is 13.4. The molecule has 0 atom stereocenters. The number of hydrogen-bond donors (Lipinski definition) is 1. The van der Waals surface area contributed by atoms with Gasteiger partial charge in [-0.2, -0.15) is 0 Å². The summed E-state index contributed by atoms with van der Waals surface area (Å²) in [7, 11) is 5.64. The highest BCUT2D eigenvalue weighted by Gasteiger charge is 2.12. The van der Waals surface area contributed by atoms with Crippen molar-refractivity contribution in [1.29, 1.82) is 0 Å². The monoisotopic (exact) mass is 404 g/mol. The van der Waals surface area contributed by atoms with Crippen LogP contribution in [0.4, 0.5) is 15.9 Å². The molecule has 6 nitrogen and oxygen atoms in total. The number of ether oxygens (including phenoxy) is 2. The summed E-state index contributed by atoms with van der Waals surface area (Å²) in [6.07, 6.45) is 2.36. The molecule has 3 rings (SSSR count). The zero-order chi connectivity index (χ0) is 20.1. The highest BCUT2D eigenvalue weighted by atomic mass is 35.5. The SMILES string of the molecule is COc1cc2c(Nc3ccc(F)c(Cl)c3)ncnc2cc1OCCCN(C)C. The predicted octanol–water partition coefficient (Wildman–Crippen LogP) is 4.51. The summed E-state index contributed by atoms with van der Waals surface area (Å²) in [6.45, 7) is 1.51. The molecule has 3 aromatic rings. The van der Waals surface area contributed by atoms with Crippen LogP contribution in [0.3, 0.4) is 0 Å².